The summed E-state index contributed by atoms with van der Waals surface area (Å²) in [6.45, 7) is 2.01. The standard InChI is InChI=1S/C23H26N4O2.HI/c1-24-22(25-11-8-16-13-26-19-5-3-2-4-18(16)19)27-14-23(9-10-23)17-6-7-20-21(12-17)29-15-28-20;/h2-7,12-13,26H,8-11,14-15H2,1H3,(H2,24,25,27);1H. The molecule has 0 radical (unpaired) electrons. The number of hydrogen-bond acceptors (Lipinski definition) is 3. The van der Waals surface area contributed by atoms with Crippen LogP contribution >= 0.6 is 24.0 Å². The second-order valence-corrected chi connectivity index (χ2v) is 7.81. The van der Waals surface area contributed by atoms with Crippen molar-refractivity contribution < 1.29 is 9.47 Å². The maximum absolute atomic E-state index is 5.55. The van der Waals surface area contributed by atoms with Crippen molar-refractivity contribution in [2.24, 2.45) is 4.99 Å². The molecule has 3 N–H and O–H groups in total. The van der Waals surface area contributed by atoms with Gasteiger partial charge in [-0.2, -0.15) is 0 Å². The van der Waals surface area contributed by atoms with Crippen molar-refractivity contribution in [3.63, 3.8) is 0 Å². The average Bonchev–Trinajstić information content (AvgIpc) is 3.21. The molecule has 5 rings (SSSR count). The summed E-state index contributed by atoms with van der Waals surface area (Å²) in [4.78, 5) is 7.73. The van der Waals surface area contributed by atoms with Gasteiger partial charge in [-0.1, -0.05) is 24.3 Å². The van der Waals surface area contributed by atoms with E-state index in [4.69, 9.17) is 9.47 Å². The van der Waals surface area contributed by atoms with Gasteiger partial charge in [0.05, 0.1) is 0 Å². The van der Waals surface area contributed by atoms with Crippen LogP contribution in [0.1, 0.15) is 24.0 Å². The zero-order valence-corrected chi connectivity index (χ0v) is 19.4. The lowest BCUT2D eigenvalue weighted by Gasteiger charge is -2.19. The van der Waals surface area contributed by atoms with E-state index in [1.165, 1.54) is 34.9 Å². The van der Waals surface area contributed by atoms with Crippen molar-refractivity contribution in [2.45, 2.75) is 24.7 Å². The van der Waals surface area contributed by atoms with E-state index in [0.717, 1.165) is 37.0 Å². The maximum Gasteiger partial charge on any atom is 0.231 e. The largest absolute Gasteiger partial charge is 0.454 e. The highest BCUT2D eigenvalue weighted by molar-refractivity contribution is 14.0. The molecular weight excluding hydrogens is 491 g/mol. The highest BCUT2D eigenvalue weighted by Gasteiger charge is 2.44. The molecule has 7 heteroatoms. The second kappa shape index (κ2) is 8.75. The van der Waals surface area contributed by atoms with Crippen molar-refractivity contribution in [2.75, 3.05) is 26.9 Å². The zero-order valence-electron chi connectivity index (χ0n) is 17.0. The predicted molar refractivity (Wildman–Crippen MR) is 130 cm³/mol. The molecular formula is C23H27IN4O2. The molecule has 1 aliphatic carbocycles. The number of benzene rings is 2. The Morgan fingerprint density at radius 1 is 1.10 bits per heavy atom. The predicted octanol–water partition coefficient (Wildman–Crippen LogP) is 3.95. The van der Waals surface area contributed by atoms with Crippen molar-refractivity contribution in [3.8, 4) is 11.5 Å². The van der Waals surface area contributed by atoms with Gasteiger partial charge >= 0.3 is 0 Å². The number of aromatic nitrogens is 1. The van der Waals surface area contributed by atoms with E-state index in [0.29, 0.717) is 6.79 Å². The number of nitrogens with zero attached hydrogens (tertiary/aromatic N) is 1. The topological polar surface area (TPSA) is 70.7 Å². The van der Waals surface area contributed by atoms with E-state index in [1.807, 2.05) is 13.1 Å². The summed E-state index contributed by atoms with van der Waals surface area (Å²) in [5.74, 6) is 2.54. The fourth-order valence-electron chi connectivity index (χ4n) is 4.07. The first kappa shape index (κ1) is 20.8. The molecule has 2 aliphatic rings. The van der Waals surface area contributed by atoms with E-state index in [1.54, 1.807) is 0 Å². The first-order valence-electron chi connectivity index (χ1n) is 10.2. The fraction of sp³-hybridized carbons (Fsp3) is 0.348. The number of guanidine groups is 1. The molecule has 3 aromatic rings. The van der Waals surface area contributed by atoms with Crippen LogP contribution in [0.5, 0.6) is 11.5 Å². The Kier molecular flexibility index (Phi) is 6.08. The van der Waals surface area contributed by atoms with Gasteiger partial charge in [-0.15, -0.1) is 24.0 Å². The third-order valence-corrected chi connectivity index (χ3v) is 6.02. The number of aliphatic imine (C=N–C) groups is 1. The molecule has 0 bridgehead atoms. The van der Waals surface area contributed by atoms with Crippen molar-refractivity contribution in [3.05, 3.63) is 59.8 Å². The van der Waals surface area contributed by atoms with Crippen LogP contribution in [-0.2, 0) is 11.8 Å². The summed E-state index contributed by atoms with van der Waals surface area (Å²) in [6.07, 6.45) is 5.39. The van der Waals surface area contributed by atoms with E-state index in [-0.39, 0.29) is 29.4 Å². The Morgan fingerprint density at radius 3 is 2.77 bits per heavy atom. The minimum absolute atomic E-state index is 0. The number of rotatable bonds is 6. The highest BCUT2D eigenvalue weighted by Crippen LogP contribution is 2.49. The number of aromatic amines is 1. The first-order chi connectivity index (χ1) is 14.3. The Balaban J connectivity index is 0.00000218. The SMILES string of the molecule is CN=C(NCCc1c[nH]c2ccccc12)NCC1(c2ccc3c(c2)OCO3)CC1.I. The van der Waals surface area contributed by atoms with Crippen molar-refractivity contribution >= 4 is 40.8 Å². The number of nitrogens with one attached hydrogen (secondary N) is 3. The Hall–Kier alpha value is -2.42. The van der Waals surface area contributed by atoms with Gasteiger partial charge in [0.25, 0.3) is 0 Å². The lowest BCUT2D eigenvalue weighted by atomic mass is 9.95. The lowest BCUT2D eigenvalue weighted by molar-refractivity contribution is 0.174. The number of halogens is 1. The van der Waals surface area contributed by atoms with Gasteiger partial charge in [0.1, 0.15) is 0 Å². The molecule has 0 spiro atoms. The summed E-state index contributed by atoms with van der Waals surface area (Å²) in [5.41, 5.74) is 3.98. The van der Waals surface area contributed by atoms with Gasteiger partial charge in [0, 0.05) is 42.7 Å². The lowest BCUT2D eigenvalue weighted by Crippen LogP contribution is -2.41. The van der Waals surface area contributed by atoms with Crippen LogP contribution in [0.4, 0.5) is 0 Å². The minimum Gasteiger partial charge on any atom is -0.454 e. The third-order valence-electron chi connectivity index (χ3n) is 6.02. The summed E-state index contributed by atoms with van der Waals surface area (Å²) < 4.78 is 11.0. The second-order valence-electron chi connectivity index (χ2n) is 7.81. The molecule has 0 saturated heterocycles. The van der Waals surface area contributed by atoms with Crippen LogP contribution < -0.4 is 20.1 Å². The van der Waals surface area contributed by atoms with E-state index in [2.05, 4.69) is 63.2 Å². The molecule has 1 saturated carbocycles. The summed E-state index contributed by atoms with van der Waals surface area (Å²) in [5, 5.41) is 8.25. The van der Waals surface area contributed by atoms with Crippen LogP contribution in [0.3, 0.4) is 0 Å². The number of H-pyrrole nitrogens is 1. The monoisotopic (exact) mass is 518 g/mol. The number of hydrogen-bond donors (Lipinski definition) is 3. The molecule has 1 fully saturated rings. The summed E-state index contributed by atoms with van der Waals surface area (Å²) >= 11 is 0. The molecule has 0 atom stereocenters. The molecule has 1 aromatic heterocycles. The molecule has 30 heavy (non-hydrogen) atoms. The molecule has 0 unspecified atom stereocenters. The van der Waals surface area contributed by atoms with Crippen molar-refractivity contribution in [1.82, 2.24) is 15.6 Å². The minimum atomic E-state index is 0. The number of ether oxygens (including phenoxy) is 2. The van der Waals surface area contributed by atoms with Gasteiger partial charge in [-0.3, -0.25) is 4.99 Å². The van der Waals surface area contributed by atoms with E-state index >= 15 is 0 Å². The van der Waals surface area contributed by atoms with Crippen molar-refractivity contribution in [1.29, 1.82) is 0 Å². The van der Waals surface area contributed by atoms with Gasteiger partial charge in [0.15, 0.2) is 17.5 Å². The highest BCUT2D eigenvalue weighted by atomic mass is 127. The maximum atomic E-state index is 5.55. The fourth-order valence-corrected chi connectivity index (χ4v) is 4.07. The molecule has 0 amide bonds. The van der Waals surface area contributed by atoms with Crippen LogP contribution in [0.25, 0.3) is 10.9 Å². The Bertz CT molecular complexity index is 1060. The Labute approximate surface area is 193 Å². The van der Waals surface area contributed by atoms with Gasteiger partial charge in [-0.25, -0.2) is 0 Å². The Morgan fingerprint density at radius 2 is 1.93 bits per heavy atom. The van der Waals surface area contributed by atoms with Gasteiger partial charge in [-0.05, 0) is 48.6 Å². The van der Waals surface area contributed by atoms with Crippen LogP contribution in [0.2, 0.25) is 0 Å². The smallest absolute Gasteiger partial charge is 0.231 e. The third kappa shape index (κ3) is 4.08. The first-order valence-corrected chi connectivity index (χ1v) is 10.2. The summed E-state index contributed by atoms with van der Waals surface area (Å²) in [7, 11) is 1.82. The van der Waals surface area contributed by atoms with Crippen LogP contribution in [-0.4, -0.2) is 37.9 Å². The molecule has 2 heterocycles. The van der Waals surface area contributed by atoms with Crippen LogP contribution in [0, 0.1) is 0 Å². The molecule has 1 aliphatic heterocycles. The van der Waals surface area contributed by atoms with Crippen LogP contribution in [0.15, 0.2) is 53.7 Å². The van der Waals surface area contributed by atoms with Gasteiger partial charge < -0.3 is 25.1 Å². The number of fused-ring (bicyclic) bond motifs is 2. The average molecular weight is 518 g/mol. The number of para-hydroxylation sites is 1. The quantitative estimate of drug-likeness (QED) is 0.263. The van der Waals surface area contributed by atoms with E-state index in [9.17, 15) is 0 Å². The molecule has 158 valence electrons. The molecule has 6 nitrogen and oxygen atoms in total. The normalized spacial score (nSPS) is 16.2. The van der Waals surface area contributed by atoms with Gasteiger partial charge in [0.2, 0.25) is 6.79 Å². The van der Waals surface area contributed by atoms with E-state index < -0.39 is 0 Å². The zero-order chi connectivity index (χ0) is 19.7. The molecule has 2 aromatic carbocycles. The summed E-state index contributed by atoms with van der Waals surface area (Å²) in [6, 6.07) is 14.7.